The lowest BCUT2D eigenvalue weighted by Crippen LogP contribution is -2.38. The molecule has 0 aliphatic carbocycles. The Labute approximate surface area is 183 Å². The highest BCUT2D eigenvalue weighted by atomic mass is 19.4. The molecule has 2 atom stereocenters. The van der Waals surface area contributed by atoms with E-state index < -0.39 is 11.7 Å². The van der Waals surface area contributed by atoms with Crippen LogP contribution in [0.3, 0.4) is 0 Å². The smallest absolute Gasteiger partial charge is 0.372 e. The van der Waals surface area contributed by atoms with Gasteiger partial charge in [0.05, 0.1) is 17.5 Å². The van der Waals surface area contributed by atoms with Crippen LogP contribution in [0.1, 0.15) is 49.5 Å². The maximum Gasteiger partial charge on any atom is 0.419 e. The van der Waals surface area contributed by atoms with Crippen LogP contribution in [-0.2, 0) is 10.9 Å². The normalized spacial score (nSPS) is 22.2. The predicted molar refractivity (Wildman–Crippen MR) is 114 cm³/mol. The summed E-state index contributed by atoms with van der Waals surface area (Å²) in [6.07, 6.45) is 2.64. The van der Waals surface area contributed by atoms with Crippen molar-refractivity contribution in [3.63, 3.8) is 0 Å². The zero-order valence-corrected chi connectivity index (χ0v) is 17.5. The molecule has 1 unspecified atom stereocenters. The second-order valence-corrected chi connectivity index (χ2v) is 8.33. The fourth-order valence-electron chi connectivity index (χ4n) is 4.39. The first-order chi connectivity index (χ1) is 15.5. The summed E-state index contributed by atoms with van der Waals surface area (Å²) in [5, 5.41) is 7.02. The number of fused-ring (bicyclic) bond motifs is 1. The molecular formula is C22H25F3N6O. The Kier molecular flexibility index (Phi) is 5.73. The maximum absolute atomic E-state index is 13.8. The third-order valence-electron chi connectivity index (χ3n) is 6.05. The van der Waals surface area contributed by atoms with Crippen LogP contribution in [0.5, 0.6) is 0 Å². The molecular weight excluding hydrogens is 421 g/mol. The maximum atomic E-state index is 13.8. The Morgan fingerprint density at radius 2 is 2.00 bits per heavy atom. The molecule has 0 radical (unpaired) electrons. The van der Waals surface area contributed by atoms with E-state index in [-0.39, 0.29) is 23.8 Å². The van der Waals surface area contributed by atoms with Gasteiger partial charge in [-0.3, -0.25) is 0 Å². The van der Waals surface area contributed by atoms with Gasteiger partial charge in [0, 0.05) is 42.5 Å². The molecule has 2 aliphatic heterocycles. The molecule has 0 spiro atoms. The minimum absolute atomic E-state index is 0.0791. The third kappa shape index (κ3) is 4.29. The minimum atomic E-state index is -4.58. The van der Waals surface area contributed by atoms with Gasteiger partial charge in [0.25, 0.3) is 0 Å². The van der Waals surface area contributed by atoms with Gasteiger partial charge in [0.2, 0.25) is 5.95 Å². The van der Waals surface area contributed by atoms with Gasteiger partial charge in [-0.25, -0.2) is 15.0 Å². The van der Waals surface area contributed by atoms with Crippen LogP contribution in [-0.4, -0.2) is 45.7 Å². The number of ether oxygens (including phenoxy) is 1. The number of halogens is 3. The number of hydrogen-bond donors (Lipinski definition) is 3. The zero-order chi connectivity index (χ0) is 22.1. The summed E-state index contributed by atoms with van der Waals surface area (Å²) in [6, 6.07) is 3.70. The number of hydrogen-bond acceptors (Lipinski definition) is 6. The molecule has 7 nitrogen and oxygen atoms in total. The van der Waals surface area contributed by atoms with E-state index in [0.717, 1.165) is 57.1 Å². The number of alkyl halides is 3. The molecule has 2 saturated heterocycles. The van der Waals surface area contributed by atoms with Gasteiger partial charge < -0.3 is 20.4 Å². The van der Waals surface area contributed by atoms with Gasteiger partial charge in [-0.15, -0.1) is 0 Å². The Morgan fingerprint density at radius 3 is 2.75 bits per heavy atom. The van der Waals surface area contributed by atoms with Crippen LogP contribution in [0, 0.1) is 0 Å². The molecule has 2 aliphatic rings. The van der Waals surface area contributed by atoms with E-state index in [1.807, 2.05) is 6.07 Å². The third-order valence-corrected chi connectivity index (χ3v) is 6.05. The van der Waals surface area contributed by atoms with E-state index in [9.17, 15) is 13.2 Å². The SMILES string of the molecule is FC(F)(F)c1cnc(N[C@H]2CCCNC2)nc1-c1c[nH]c2nc(C3CCCCO3)ccc12. The first-order valence-electron chi connectivity index (χ1n) is 11.0. The fourth-order valence-corrected chi connectivity index (χ4v) is 4.39. The van der Waals surface area contributed by atoms with E-state index >= 15 is 0 Å². The van der Waals surface area contributed by atoms with Crippen molar-refractivity contribution in [2.75, 3.05) is 25.0 Å². The molecule has 10 heteroatoms. The highest BCUT2D eigenvalue weighted by Crippen LogP contribution is 2.39. The number of anilines is 1. The zero-order valence-electron chi connectivity index (χ0n) is 17.5. The summed E-state index contributed by atoms with van der Waals surface area (Å²) >= 11 is 0. The quantitative estimate of drug-likeness (QED) is 0.549. The van der Waals surface area contributed by atoms with Crippen molar-refractivity contribution < 1.29 is 17.9 Å². The van der Waals surface area contributed by atoms with Crippen molar-refractivity contribution in [2.45, 2.75) is 50.4 Å². The first-order valence-corrected chi connectivity index (χ1v) is 11.0. The van der Waals surface area contributed by atoms with Crippen molar-refractivity contribution in [1.82, 2.24) is 25.3 Å². The van der Waals surface area contributed by atoms with Crippen LogP contribution in [0.15, 0.2) is 24.5 Å². The van der Waals surface area contributed by atoms with Gasteiger partial charge in [0.15, 0.2) is 0 Å². The number of nitrogens with one attached hydrogen (secondary N) is 3. The van der Waals surface area contributed by atoms with Crippen LogP contribution in [0.25, 0.3) is 22.3 Å². The highest BCUT2D eigenvalue weighted by molar-refractivity contribution is 5.93. The summed E-state index contributed by atoms with van der Waals surface area (Å²) in [7, 11) is 0. The fraction of sp³-hybridized carbons (Fsp3) is 0.500. The molecule has 3 N–H and O–H groups in total. The number of rotatable bonds is 4. The average Bonchev–Trinajstić information content (AvgIpc) is 3.23. The van der Waals surface area contributed by atoms with E-state index in [1.54, 1.807) is 6.07 Å². The van der Waals surface area contributed by atoms with Crippen LogP contribution < -0.4 is 10.6 Å². The molecule has 5 rings (SSSR count). The van der Waals surface area contributed by atoms with Crippen molar-refractivity contribution >= 4 is 17.0 Å². The summed E-state index contributed by atoms with van der Waals surface area (Å²) in [4.78, 5) is 15.9. The van der Waals surface area contributed by atoms with Gasteiger partial charge in [-0.1, -0.05) is 0 Å². The van der Waals surface area contributed by atoms with Crippen molar-refractivity contribution in [1.29, 1.82) is 0 Å². The lowest BCUT2D eigenvalue weighted by molar-refractivity contribution is -0.137. The van der Waals surface area contributed by atoms with Crippen molar-refractivity contribution in [3.8, 4) is 11.3 Å². The number of nitrogens with zero attached hydrogens (tertiary/aromatic N) is 3. The van der Waals surface area contributed by atoms with Crippen LogP contribution in [0.4, 0.5) is 19.1 Å². The molecule has 5 heterocycles. The topological polar surface area (TPSA) is 87.8 Å². The van der Waals surface area contributed by atoms with Gasteiger partial charge >= 0.3 is 6.18 Å². The summed E-state index contributed by atoms with van der Waals surface area (Å²) in [6.45, 7) is 2.36. The first kappa shape index (κ1) is 21.1. The molecule has 3 aromatic heterocycles. The largest absolute Gasteiger partial charge is 0.419 e. The van der Waals surface area contributed by atoms with E-state index in [4.69, 9.17) is 4.74 Å². The van der Waals surface area contributed by atoms with Gasteiger partial charge in [-0.05, 0) is 50.8 Å². The Balaban J connectivity index is 1.52. The van der Waals surface area contributed by atoms with Crippen LogP contribution in [0.2, 0.25) is 0 Å². The Morgan fingerprint density at radius 1 is 1.09 bits per heavy atom. The standard InChI is InChI=1S/C22H25F3N6O/c23-22(24,25)16-12-28-21(29-13-4-3-8-26-10-13)31-19(16)15-11-27-20-14(15)6-7-17(30-20)18-5-1-2-9-32-18/h6-7,11-13,18,26H,1-5,8-10H2,(H,27,30)(H,28,29,31)/t13-,18?/m0/s1. The summed E-state index contributed by atoms with van der Waals surface area (Å²) in [5.74, 6) is 0.191. The van der Waals surface area contributed by atoms with E-state index in [1.165, 1.54) is 6.20 Å². The molecule has 2 fully saturated rings. The predicted octanol–water partition coefficient (Wildman–Crippen LogP) is 4.44. The second kappa shape index (κ2) is 8.67. The minimum Gasteiger partial charge on any atom is -0.372 e. The number of aromatic amines is 1. The molecule has 0 amide bonds. The Hall–Kier alpha value is -2.72. The number of piperidine rings is 1. The lowest BCUT2D eigenvalue weighted by Gasteiger charge is -2.24. The average molecular weight is 446 g/mol. The number of aromatic nitrogens is 4. The summed E-state index contributed by atoms with van der Waals surface area (Å²) < 4.78 is 47.2. The van der Waals surface area contributed by atoms with Crippen molar-refractivity contribution in [2.24, 2.45) is 0 Å². The summed E-state index contributed by atoms with van der Waals surface area (Å²) in [5.41, 5.74) is 0.628. The lowest BCUT2D eigenvalue weighted by atomic mass is 10.0. The van der Waals surface area contributed by atoms with Crippen LogP contribution >= 0.6 is 0 Å². The van der Waals surface area contributed by atoms with E-state index in [0.29, 0.717) is 23.2 Å². The monoisotopic (exact) mass is 446 g/mol. The highest BCUT2D eigenvalue weighted by Gasteiger charge is 2.36. The molecule has 3 aromatic rings. The second-order valence-electron chi connectivity index (χ2n) is 8.33. The number of pyridine rings is 1. The van der Waals surface area contributed by atoms with Gasteiger partial charge in [-0.2, -0.15) is 13.2 Å². The van der Waals surface area contributed by atoms with E-state index in [2.05, 4.69) is 30.6 Å². The van der Waals surface area contributed by atoms with Crippen molar-refractivity contribution in [3.05, 3.63) is 35.8 Å². The number of H-pyrrole nitrogens is 1. The molecule has 0 bridgehead atoms. The molecule has 32 heavy (non-hydrogen) atoms. The Bertz CT molecular complexity index is 1090. The molecule has 0 saturated carbocycles. The molecule has 0 aromatic carbocycles. The van der Waals surface area contributed by atoms with Gasteiger partial charge in [0.1, 0.15) is 11.2 Å². The molecule has 170 valence electrons.